The highest BCUT2D eigenvalue weighted by atomic mass is 32.2. The highest BCUT2D eigenvalue weighted by molar-refractivity contribution is 7.99. The Balaban J connectivity index is -0.0000000859. The molecule has 0 aromatic rings. The molecule has 101 heavy (non-hydrogen) atoms. The number of rotatable bonds is 36. The molecule has 40 heteroatoms. The van der Waals surface area contributed by atoms with Gasteiger partial charge in [0.25, 0.3) is 0 Å². The number of carbonyl (C=O) groups excluding carboxylic acids is 12. The summed E-state index contributed by atoms with van der Waals surface area (Å²) in [5, 5.41) is 0. The van der Waals surface area contributed by atoms with Gasteiger partial charge in [0.15, 0.2) is 64.3 Å². The molecule has 0 rings (SSSR count). The first kappa shape index (κ1) is 122. The summed E-state index contributed by atoms with van der Waals surface area (Å²) in [6.45, 7) is 25.6. The molecule has 0 amide bonds. The van der Waals surface area contributed by atoms with Crippen molar-refractivity contribution in [3.63, 3.8) is 0 Å². The minimum Gasteiger partial charge on any atom is -0.467 e. The molecule has 0 aromatic carbocycles. The Kier molecular flexibility index (Phi) is 125. The van der Waals surface area contributed by atoms with Gasteiger partial charge >= 0.3 is 65.7 Å². The molecule has 0 heterocycles. The molecule has 0 radical (unpaired) electrons. The van der Waals surface area contributed by atoms with Crippen LogP contribution in [0.25, 0.3) is 0 Å². The molecule has 5 atom stereocenters. The molecule has 0 aliphatic heterocycles. The summed E-state index contributed by atoms with van der Waals surface area (Å²) >= 11 is 4.85. The zero-order chi connectivity index (χ0) is 81.4. The number of esters is 11. The number of ketones is 1. The third-order valence-corrected chi connectivity index (χ3v) is 10.5. The van der Waals surface area contributed by atoms with Gasteiger partial charge < -0.3 is 118 Å². The minimum atomic E-state index is -0.623. The molecule has 0 bridgehead atoms. The van der Waals surface area contributed by atoms with Crippen LogP contribution in [0.15, 0.2) is 0 Å². The monoisotopic (exact) mass is 1540 g/mol. The predicted molar refractivity (Wildman–Crippen MR) is 370 cm³/mol. The largest absolute Gasteiger partial charge is 0.467 e. The van der Waals surface area contributed by atoms with E-state index in [1.165, 1.54) is 117 Å². The van der Waals surface area contributed by atoms with Crippen LogP contribution in [0.3, 0.4) is 0 Å². The molecule has 0 spiro atoms. The van der Waals surface area contributed by atoms with Crippen LogP contribution in [-0.2, 0) is 176 Å². The van der Waals surface area contributed by atoms with Gasteiger partial charge in [0.2, 0.25) is 6.79 Å². The second-order valence-corrected chi connectivity index (χ2v) is 19.9. The van der Waals surface area contributed by atoms with Crippen molar-refractivity contribution in [1.82, 2.24) is 0 Å². The first-order valence-corrected chi connectivity index (χ1v) is 33.1. The zero-order valence-corrected chi connectivity index (χ0v) is 67.4. The Morgan fingerprint density at radius 2 is 0.733 bits per heavy atom. The molecule has 0 aliphatic rings. The van der Waals surface area contributed by atoms with E-state index in [9.17, 15) is 57.5 Å². The number of hydrogen-bond acceptors (Lipinski definition) is 40. The highest BCUT2D eigenvalue weighted by Gasteiger charge is 2.10. The second-order valence-electron chi connectivity index (χ2n) is 16.7. The Bertz CT molecular complexity index is 1840. The standard InChI is InChI=1S/2C6H10O5.C6H10O4.C5H10O4.C5H8O4.C5H10O3S.2C5H10O3.C5H12O2.C5H12OS.C4H10O2.C4H10OS/c1-5(7)10-3-6(8)11-4-9-2;1-5(7)10-4-11-6(8)3-9-2;1-5(7)3-9-4-10-6(2)8;1-5(6)9-4-8-3-7-2;1-4(6)9-3-5(7)8-2;1-5(6)8-4-9-3-7-2;1-4(7-2)5(6)8-3;1-4(6)8-5(2)7-3;1-4-7-5(2)6-3;1-4-6-5(2)7-3;2*1-4(5-2)6-3/h2*3-4H2,1-2H3;3-4H2,1-2H3;3-4H2,1-2H3;3H2,1-2H3;3-4H2,1-2H3;4H,1-3H3;5H,1-3H3;2*5H,4H2,1-3H3;2*4H,1-3H3. The average molecular weight is 1540 g/mol. The van der Waals surface area contributed by atoms with Crippen molar-refractivity contribution in [2.75, 3.05) is 183 Å². The molecule has 0 aliphatic carbocycles. The maximum Gasteiger partial charge on any atom is 0.346 e. The van der Waals surface area contributed by atoms with Crippen molar-refractivity contribution in [2.45, 2.75) is 147 Å². The van der Waals surface area contributed by atoms with Crippen molar-refractivity contribution in [1.29, 1.82) is 0 Å². The van der Waals surface area contributed by atoms with E-state index in [4.69, 9.17) is 23.7 Å². The Morgan fingerprint density at radius 1 is 0.327 bits per heavy atom. The van der Waals surface area contributed by atoms with Gasteiger partial charge in [0.05, 0.1) is 31.0 Å². The van der Waals surface area contributed by atoms with Gasteiger partial charge in [-0.15, -0.1) is 23.5 Å². The first-order chi connectivity index (χ1) is 47.3. The summed E-state index contributed by atoms with van der Waals surface area (Å²) in [5.74, 6) is -4.06. The smallest absolute Gasteiger partial charge is 0.346 e. The summed E-state index contributed by atoms with van der Waals surface area (Å²) in [6, 6.07) is 0. The van der Waals surface area contributed by atoms with Crippen LogP contribution in [-0.4, -0.2) is 291 Å². The van der Waals surface area contributed by atoms with Crippen molar-refractivity contribution in [3.8, 4) is 0 Å². The van der Waals surface area contributed by atoms with Gasteiger partial charge in [0, 0.05) is 133 Å². The molecule has 0 N–H and O–H groups in total. The Hall–Kier alpha value is -5.67. The Labute approximate surface area is 610 Å². The van der Waals surface area contributed by atoms with Crippen LogP contribution in [0.5, 0.6) is 0 Å². The number of thioether (sulfide) groups is 3. The van der Waals surface area contributed by atoms with E-state index in [0.29, 0.717) is 22.7 Å². The van der Waals surface area contributed by atoms with Crippen LogP contribution in [0, 0.1) is 0 Å². The van der Waals surface area contributed by atoms with Crippen LogP contribution in [0.1, 0.15) is 111 Å². The van der Waals surface area contributed by atoms with Crippen molar-refractivity contribution < 1.29 is 176 Å². The van der Waals surface area contributed by atoms with Gasteiger partial charge in [-0.3, -0.25) is 38.4 Å². The minimum absolute atomic E-state index is 0.00667. The zero-order valence-electron chi connectivity index (χ0n) is 65.0. The quantitative estimate of drug-likeness (QED) is 0.0316. The molecule has 37 nitrogen and oxygen atoms in total. The average Bonchev–Trinajstić information content (AvgIpc) is 2.02. The molecule has 0 aromatic heterocycles. The lowest BCUT2D eigenvalue weighted by Gasteiger charge is -2.07. The number of methoxy groups -OCH3 is 12. The van der Waals surface area contributed by atoms with E-state index in [1.807, 2.05) is 54.1 Å². The van der Waals surface area contributed by atoms with Gasteiger partial charge in [-0.1, -0.05) is 11.8 Å². The second kappa shape index (κ2) is 103. The van der Waals surface area contributed by atoms with Gasteiger partial charge in [-0.05, 0) is 74.8 Å². The first-order valence-electron chi connectivity index (χ1n) is 29.4. The summed E-state index contributed by atoms with van der Waals surface area (Å²) < 4.78 is 114. The van der Waals surface area contributed by atoms with E-state index < -0.39 is 54.2 Å². The SMILES string of the molecule is CC(=O)COCOC(C)=O.CCOC(C)OC.CCOC(C)SC.COC(=O)C(C)OC.COC(=O)COC(C)=O.COC(C)OC.COC(C)OC(C)=O.COC(C)SC.COCC(=O)OCOC(C)=O.COCOC(=O)COC(C)=O.COCOCOC(C)=O.COCSCOC(C)=O. The number of carbonyl (C=O) groups is 12. The third kappa shape index (κ3) is 163. The molecule has 606 valence electrons. The van der Waals surface area contributed by atoms with E-state index in [1.54, 1.807) is 72.9 Å². The van der Waals surface area contributed by atoms with Crippen molar-refractivity contribution >= 4 is 107 Å². The van der Waals surface area contributed by atoms with E-state index in [2.05, 4.69) is 94.7 Å². The highest BCUT2D eigenvalue weighted by Crippen LogP contribution is 2.05. The normalized spacial score (nSPS) is 10.6. The lowest BCUT2D eigenvalue weighted by atomic mass is 10.4. The maximum absolute atomic E-state index is 10.5. The van der Waals surface area contributed by atoms with Gasteiger partial charge in [-0.2, -0.15) is 0 Å². The van der Waals surface area contributed by atoms with Crippen molar-refractivity contribution in [3.05, 3.63) is 0 Å². The fourth-order valence-corrected chi connectivity index (χ4v) is 3.97. The lowest BCUT2D eigenvalue weighted by Crippen LogP contribution is -2.19. The molecule has 0 saturated heterocycles. The summed E-state index contributed by atoms with van der Waals surface area (Å²) in [6.07, 6.45) is 3.08. The van der Waals surface area contributed by atoms with Crippen LogP contribution < -0.4 is 0 Å². The summed E-state index contributed by atoms with van der Waals surface area (Å²) in [5.41, 5.74) is 0.718. The van der Waals surface area contributed by atoms with E-state index in [-0.39, 0.29) is 103 Å². The molecular weight excluding hydrogens is 1420 g/mol. The number of ether oxygens (including phenoxy) is 25. The summed E-state index contributed by atoms with van der Waals surface area (Å²) in [7, 11) is 17.9. The molecule has 5 unspecified atom stereocenters. The van der Waals surface area contributed by atoms with Gasteiger partial charge in [0.1, 0.15) is 25.9 Å². The molecule has 0 saturated carbocycles. The van der Waals surface area contributed by atoms with E-state index in [0.717, 1.165) is 13.2 Å². The summed E-state index contributed by atoms with van der Waals surface area (Å²) in [4.78, 5) is 123. The lowest BCUT2D eigenvalue weighted by molar-refractivity contribution is -0.169. The molecular formula is C61H122O37S3. The number of hydrogen-bond donors (Lipinski definition) is 0. The van der Waals surface area contributed by atoms with Crippen molar-refractivity contribution in [2.24, 2.45) is 0 Å². The van der Waals surface area contributed by atoms with Crippen LogP contribution in [0.2, 0.25) is 0 Å². The predicted octanol–water partition coefficient (Wildman–Crippen LogP) is 5.65. The third-order valence-electron chi connectivity index (χ3n) is 8.19. The number of Topliss-reactive ketones (excluding diaryl/α,β-unsaturated/α-hetero) is 1. The van der Waals surface area contributed by atoms with Gasteiger partial charge in [-0.25, -0.2) is 19.2 Å². The molecule has 0 fully saturated rings. The van der Waals surface area contributed by atoms with Crippen LogP contribution >= 0.6 is 35.3 Å². The van der Waals surface area contributed by atoms with E-state index >= 15 is 0 Å². The topological polar surface area (TPSA) is 436 Å². The maximum atomic E-state index is 10.5. The Morgan fingerprint density at radius 3 is 1.00 bits per heavy atom. The van der Waals surface area contributed by atoms with Crippen LogP contribution in [0.4, 0.5) is 0 Å². The fraction of sp³-hybridized carbons (Fsp3) is 0.803. The fourth-order valence-electron chi connectivity index (χ4n) is 3.02.